The molecule has 1 aliphatic heterocycles. The molecule has 2 aromatic carbocycles. The minimum Gasteiger partial charge on any atom is -0.357 e. The van der Waals surface area contributed by atoms with E-state index >= 15 is 0 Å². The Labute approximate surface area is 159 Å². The molecule has 1 saturated heterocycles. The molecule has 1 aliphatic rings. The average Bonchev–Trinajstić information content (AvgIpc) is 2.92. The Kier molecular flexibility index (Phi) is 5.42. The molecule has 0 spiro atoms. The van der Waals surface area contributed by atoms with E-state index in [4.69, 9.17) is 35.4 Å². The van der Waals surface area contributed by atoms with Crippen LogP contribution in [0.2, 0.25) is 10.0 Å². The number of halogens is 3. The highest BCUT2D eigenvalue weighted by atomic mass is 35.5. The van der Waals surface area contributed by atoms with Crippen LogP contribution >= 0.6 is 35.4 Å². The van der Waals surface area contributed by atoms with Gasteiger partial charge in [0, 0.05) is 23.7 Å². The van der Waals surface area contributed by atoms with Crippen LogP contribution in [0.15, 0.2) is 42.5 Å². The number of thiocarbonyl (C=S) groups is 1. The maximum atomic E-state index is 13.0. The molecule has 0 aromatic heterocycles. The second-order valence-electron chi connectivity index (χ2n) is 5.60. The quantitative estimate of drug-likeness (QED) is 0.760. The molecule has 4 nitrogen and oxygen atoms in total. The first-order valence-corrected chi connectivity index (χ1v) is 8.67. The summed E-state index contributed by atoms with van der Waals surface area (Å²) in [6.45, 7) is 0.440. The van der Waals surface area contributed by atoms with Gasteiger partial charge in [0.05, 0.1) is 16.8 Å². The minimum absolute atomic E-state index is 0.0484. The molecule has 1 atom stereocenters. The zero-order valence-corrected chi connectivity index (χ0v) is 15.3. The molecule has 8 heteroatoms. The van der Waals surface area contributed by atoms with Gasteiger partial charge in [-0.3, -0.25) is 4.79 Å². The fourth-order valence-corrected chi connectivity index (χ4v) is 3.23. The van der Waals surface area contributed by atoms with Gasteiger partial charge in [0.15, 0.2) is 5.11 Å². The van der Waals surface area contributed by atoms with Crippen LogP contribution in [0.5, 0.6) is 0 Å². The second kappa shape index (κ2) is 7.56. The number of rotatable bonds is 3. The van der Waals surface area contributed by atoms with Crippen LogP contribution in [-0.4, -0.2) is 23.6 Å². The monoisotopic (exact) mass is 397 g/mol. The van der Waals surface area contributed by atoms with E-state index in [0.29, 0.717) is 39.5 Å². The fraction of sp³-hybridized carbons (Fsp3) is 0.176. The van der Waals surface area contributed by atoms with E-state index in [1.54, 1.807) is 35.2 Å². The van der Waals surface area contributed by atoms with Gasteiger partial charge in [-0.15, -0.1) is 0 Å². The SMILES string of the molecule is O=C1CC(NC(=S)Nc2cc(Cl)ccc2Cl)CN1c1ccc(F)cc1. The van der Waals surface area contributed by atoms with E-state index in [1.807, 2.05) is 0 Å². The van der Waals surface area contributed by atoms with E-state index in [0.717, 1.165) is 0 Å². The van der Waals surface area contributed by atoms with Crippen molar-refractivity contribution >= 4 is 57.8 Å². The van der Waals surface area contributed by atoms with E-state index in [2.05, 4.69) is 10.6 Å². The molecule has 2 N–H and O–H groups in total. The van der Waals surface area contributed by atoms with Gasteiger partial charge in [0.25, 0.3) is 0 Å². The number of hydrogen-bond donors (Lipinski definition) is 2. The first kappa shape index (κ1) is 17.9. The van der Waals surface area contributed by atoms with Crippen LogP contribution in [0.4, 0.5) is 15.8 Å². The number of anilines is 2. The molecule has 0 aliphatic carbocycles. The highest BCUT2D eigenvalue weighted by Gasteiger charge is 2.31. The number of hydrogen-bond acceptors (Lipinski definition) is 2. The van der Waals surface area contributed by atoms with Crippen molar-refractivity contribution in [1.29, 1.82) is 0 Å². The average molecular weight is 398 g/mol. The van der Waals surface area contributed by atoms with Crippen LogP contribution < -0.4 is 15.5 Å². The number of carbonyl (C=O) groups excluding carboxylic acids is 1. The standard InChI is InChI=1S/C17H14Cl2FN3OS/c18-10-1-6-14(19)15(7-10)22-17(25)21-12-8-16(24)23(9-12)13-4-2-11(20)3-5-13/h1-7,12H,8-9H2,(H2,21,22,25). The lowest BCUT2D eigenvalue weighted by molar-refractivity contribution is -0.117. The maximum absolute atomic E-state index is 13.0. The van der Waals surface area contributed by atoms with Crippen molar-refractivity contribution in [2.75, 3.05) is 16.8 Å². The Morgan fingerprint density at radius 1 is 1.20 bits per heavy atom. The molecule has 1 unspecified atom stereocenters. The van der Waals surface area contributed by atoms with Gasteiger partial charge < -0.3 is 15.5 Å². The summed E-state index contributed by atoms with van der Waals surface area (Å²) < 4.78 is 13.0. The summed E-state index contributed by atoms with van der Waals surface area (Å²) in [7, 11) is 0. The van der Waals surface area contributed by atoms with Crippen molar-refractivity contribution in [2.24, 2.45) is 0 Å². The lowest BCUT2D eigenvalue weighted by Crippen LogP contribution is -2.39. The van der Waals surface area contributed by atoms with Crippen LogP contribution in [0.1, 0.15) is 6.42 Å². The summed E-state index contributed by atoms with van der Waals surface area (Å²) in [6, 6.07) is 10.7. The van der Waals surface area contributed by atoms with Crippen molar-refractivity contribution < 1.29 is 9.18 Å². The third-order valence-corrected chi connectivity index (χ3v) is 4.56. The highest BCUT2D eigenvalue weighted by molar-refractivity contribution is 7.80. The largest absolute Gasteiger partial charge is 0.357 e. The Morgan fingerprint density at radius 3 is 2.64 bits per heavy atom. The molecule has 2 aromatic rings. The lowest BCUT2D eigenvalue weighted by atomic mass is 10.2. The third kappa shape index (κ3) is 4.39. The van der Waals surface area contributed by atoms with Gasteiger partial charge in [0.1, 0.15) is 5.82 Å². The molecule has 0 radical (unpaired) electrons. The van der Waals surface area contributed by atoms with Gasteiger partial charge in [0.2, 0.25) is 5.91 Å². The van der Waals surface area contributed by atoms with Crippen molar-refractivity contribution in [3.63, 3.8) is 0 Å². The number of benzene rings is 2. The van der Waals surface area contributed by atoms with Crippen molar-refractivity contribution in [3.8, 4) is 0 Å². The lowest BCUT2D eigenvalue weighted by Gasteiger charge is -2.19. The Hall–Kier alpha value is -1.89. The summed E-state index contributed by atoms with van der Waals surface area (Å²) in [5, 5.41) is 7.45. The Balaban J connectivity index is 1.62. The number of nitrogens with one attached hydrogen (secondary N) is 2. The molecular weight excluding hydrogens is 384 g/mol. The van der Waals surface area contributed by atoms with E-state index < -0.39 is 0 Å². The summed E-state index contributed by atoms with van der Waals surface area (Å²) >= 11 is 17.3. The molecule has 0 bridgehead atoms. The first-order valence-electron chi connectivity index (χ1n) is 7.51. The van der Waals surface area contributed by atoms with Crippen LogP contribution in [-0.2, 0) is 4.79 Å². The molecule has 1 heterocycles. The molecule has 3 rings (SSSR count). The van der Waals surface area contributed by atoms with Crippen molar-refractivity contribution in [1.82, 2.24) is 5.32 Å². The van der Waals surface area contributed by atoms with Gasteiger partial charge in [-0.05, 0) is 54.7 Å². The highest BCUT2D eigenvalue weighted by Crippen LogP contribution is 2.26. The molecule has 1 fully saturated rings. The van der Waals surface area contributed by atoms with Crippen LogP contribution in [0, 0.1) is 5.82 Å². The summed E-state index contributed by atoms with van der Waals surface area (Å²) in [5.74, 6) is -0.387. The molecule has 1 amide bonds. The second-order valence-corrected chi connectivity index (χ2v) is 6.86. The Bertz CT molecular complexity index is 816. The number of amides is 1. The zero-order valence-electron chi connectivity index (χ0n) is 12.9. The maximum Gasteiger partial charge on any atom is 0.229 e. The van der Waals surface area contributed by atoms with Gasteiger partial charge in [-0.25, -0.2) is 4.39 Å². The van der Waals surface area contributed by atoms with Crippen LogP contribution in [0.3, 0.4) is 0 Å². The molecule has 25 heavy (non-hydrogen) atoms. The smallest absolute Gasteiger partial charge is 0.229 e. The van der Waals surface area contributed by atoms with Crippen LogP contribution in [0.25, 0.3) is 0 Å². The molecular formula is C17H14Cl2FN3OS. The summed E-state index contributed by atoms with van der Waals surface area (Å²) in [5.41, 5.74) is 1.25. The van der Waals surface area contributed by atoms with Crippen molar-refractivity contribution in [3.05, 3.63) is 58.3 Å². The van der Waals surface area contributed by atoms with Crippen molar-refractivity contribution in [2.45, 2.75) is 12.5 Å². The van der Waals surface area contributed by atoms with E-state index in [1.165, 1.54) is 12.1 Å². The van der Waals surface area contributed by atoms with Gasteiger partial charge in [-0.2, -0.15) is 0 Å². The van der Waals surface area contributed by atoms with Gasteiger partial charge in [-0.1, -0.05) is 23.2 Å². The minimum atomic E-state index is -0.339. The summed E-state index contributed by atoms with van der Waals surface area (Å²) in [4.78, 5) is 13.8. The normalized spacial score (nSPS) is 16.8. The predicted molar refractivity (Wildman–Crippen MR) is 103 cm³/mol. The molecule has 0 saturated carbocycles. The Morgan fingerprint density at radius 2 is 1.92 bits per heavy atom. The topological polar surface area (TPSA) is 44.4 Å². The molecule has 130 valence electrons. The first-order chi connectivity index (χ1) is 11.9. The van der Waals surface area contributed by atoms with E-state index in [9.17, 15) is 9.18 Å². The fourth-order valence-electron chi connectivity index (χ4n) is 2.61. The number of carbonyl (C=O) groups is 1. The van der Waals surface area contributed by atoms with E-state index in [-0.39, 0.29) is 17.8 Å². The predicted octanol–water partition coefficient (Wildman–Crippen LogP) is 4.22. The van der Waals surface area contributed by atoms with Gasteiger partial charge >= 0.3 is 0 Å². The third-order valence-electron chi connectivity index (χ3n) is 3.78. The zero-order chi connectivity index (χ0) is 18.0. The summed E-state index contributed by atoms with van der Waals surface area (Å²) in [6.07, 6.45) is 0.294. The number of nitrogens with zero attached hydrogens (tertiary/aromatic N) is 1.